The number of nitrogens with one attached hydrogen (secondary N) is 1. The van der Waals surface area contributed by atoms with E-state index in [0.29, 0.717) is 12.3 Å². The lowest BCUT2D eigenvalue weighted by Crippen LogP contribution is -2.42. The molecule has 1 saturated heterocycles. The van der Waals surface area contributed by atoms with Gasteiger partial charge in [0, 0.05) is 13.1 Å². The highest BCUT2D eigenvalue weighted by Crippen LogP contribution is 2.14. The summed E-state index contributed by atoms with van der Waals surface area (Å²) in [4.78, 5) is 14.7. The minimum absolute atomic E-state index is 0.275. The summed E-state index contributed by atoms with van der Waals surface area (Å²) in [6, 6.07) is 8.20. The van der Waals surface area contributed by atoms with Gasteiger partial charge in [0.15, 0.2) is 0 Å². The molecule has 1 N–H and O–H groups in total. The average Bonchev–Trinajstić information content (AvgIpc) is 2.50. The highest BCUT2D eigenvalue weighted by Gasteiger charge is 2.20. The van der Waals surface area contributed by atoms with Crippen molar-refractivity contribution in [3.05, 3.63) is 35.4 Å². The Morgan fingerprint density at radius 3 is 2.86 bits per heavy atom. The SMILES string of the molecule is CCCN(CC1CCCNC1)C(=O)Cc1ccccc1C. The maximum atomic E-state index is 12.6. The lowest BCUT2D eigenvalue weighted by molar-refractivity contribution is -0.131. The van der Waals surface area contributed by atoms with Crippen LogP contribution in [-0.4, -0.2) is 37.0 Å². The van der Waals surface area contributed by atoms with E-state index in [1.54, 1.807) is 0 Å². The molecule has 0 aliphatic carbocycles. The molecule has 2 rings (SSSR count). The minimum Gasteiger partial charge on any atom is -0.342 e. The first-order valence-electron chi connectivity index (χ1n) is 8.23. The minimum atomic E-state index is 0.275. The number of carbonyl (C=O) groups is 1. The zero-order chi connectivity index (χ0) is 15.1. The largest absolute Gasteiger partial charge is 0.342 e. The second-order valence-electron chi connectivity index (χ2n) is 6.16. The Balaban J connectivity index is 1.96. The summed E-state index contributed by atoms with van der Waals surface area (Å²) in [6.45, 7) is 8.19. The van der Waals surface area contributed by atoms with Crippen LogP contribution in [0.25, 0.3) is 0 Å². The van der Waals surface area contributed by atoms with E-state index in [1.807, 2.05) is 12.1 Å². The maximum Gasteiger partial charge on any atom is 0.227 e. The monoisotopic (exact) mass is 288 g/mol. The summed E-state index contributed by atoms with van der Waals surface area (Å²) >= 11 is 0. The van der Waals surface area contributed by atoms with Crippen molar-refractivity contribution in [2.75, 3.05) is 26.2 Å². The first kappa shape index (κ1) is 16.0. The van der Waals surface area contributed by atoms with E-state index in [1.165, 1.54) is 18.4 Å². The van der Waals surface area contributed by atoms with Gasteiger partial charge in [0.05, 0.1) is 6.42 Å². The van der Waals surface area contributed by atoms with Gasteiger partial charge >= 0.3 is 0 Å². The second-order valence-corrected chi connectivity index (χ2v) is 6.16. The van der Waals surface area contributed by atoms with Crippen LogP contribution < -0.4 is 5.32 Å². The number of carbonyl (C=O) groups excluding carboxylic acids is 1. The molecule has 0 spiro atoms. The first-order chi connectivity index (χ1) is 10.2. The fourth-order valence-corrected chi connectivity index (χ4v) is 3.06. The lowest BCUT2D eigenvalue weighted by Gasteiger charge is -2.30. The van der Waals surface area contributed by atoms with Crippen LogP contribution in [-0.2, 0) is 11.2 Å². The number of aryl methyl sites for hydroxylation is 1. The standard InChI is InChI=1S/C18H28N2O/c1-3-11-20(14-16-8-6-10-19-13-16)18(21)12-17-9-5-4-7-15(17)2/h4-5,7,9,16,19H,3,6,8,10-14H2,1-2H3. The molecule has 3 nitrogen and oxygen atoms in total. The van der Waals surface area contributed by atoms with E-state index in [-0.39, 0.29) is 5.91 Å². The molecule has 1 amide bonds. The van der Waals surface area contributed by atoms with Gasteiger partial charge in [-0.25, -0.2) is 0 Å². The van der Waals surface area contributed by atoms with Crippen molar-refractivity contribution in [1.29, 1.82) is 0 Å². The van der Waals surface area contributed by atoms with Gasteiger partial charge in [0.1, 0.15) is 0 Å². The first-order valence-corrected chi connectivity index (χ1v) is 8.23. The molecule has 0 aromatic heterocycles. The van der Waals surface area contributed by atoms with Gasteiger partial charge in [-0.05, 0) is 56.3 Å². The number of hydrogen-bond donors (Lipinski definition) is 1. The highest BCUT2D eigenvalue weighted by molar-refractivity contribution is 5.79. The van der Waals surface area contributed by atoms with Crippen LogP contribution >= 0.6 is 0 Å². The third-order valence-electron chi connectivity index (χ3n) is 4.33. The van der Waals surface area contributed by atoms with Gasteiger partial charge in [-0.1, -0.05) is 31.2 Å². The Hall–Kier alpha value is -1.35. The van der Waals surface area contributed by atoms with E-state index in [0.717, 1.165) is 38.2 Å². The Morgan fingerprint density at radius 1 is 1.38 bits per heavy atom. The fraction of sp³-hybridized carbons (Fsp3) is 0.611. The molecule has 1 heterocycles. The van der Waals surface area contributed by atoms with Crippen LogP contribution in [0.15, 0.2) is 24.3 Å². The molecular formula is C18H28N2O. The maximum absolute atomic E-state index is 12.6. The Labute approximate surface area is 128 Å². The van der Waals surface area contributed by atoms with Crippen LogP contribution in [0, 0.1) is 12.8 Å². The predicted molar refractivity (Wildman–Crippen MR) is 87.3 cm³/mol. The third-order valence-corrected chi connectivity index (χ3v) is 4.33. The van der Waals surface area contributed by atoms with Crippen molar-refractivity contribution in [3.63, 3.8) is 0 Å². The van der Waals surface area contributed by atoms with Crippen molar-refractivity contribution in [2.45, 2.75) is 39.5 Å². The normalized spacial score (nSPS) is 18.5. The number of hydrogen-bond acceptors (Lipinski definition) is 2. The summed E-state index contributed by atoms with van der Waals surface area (Å²) in [5.74, 6) is 0.892. The van der Waals surface area contributed by atoms with Crippen molar-refractivity contribution in [2.24, 2.45) is 5.92 Å². The molecule has 116 valence electrons. The summed E-state index contributed by atoms with van der Waals surface area (Å²) in [7, 11) is 0. The highest BCUT2D eigenvalue weighted by atomic mass is 16.2. The number of rotatable bonds is 6. The summed E-state index contributed by atoms with van der Waals surface area (Å²) in [6.07, 6.45) is 4.04. The molecule has 0 radical (unpaired) electrons. The third kappa shape index (κ3) is 4.85. The number of amides is 1. The smallest absolute Gasteiger partial charge is 0.227 e. The molecular weight excluding hydrogens is 260 g/mol. The van der Waals surface area contributed by atoms with Gasteiger partial charge in [0.2, 0.25) is 5.91 Å². The second kappa shape index (κ2) is 8.18. The van der Waals surface area contributed by atoms with Crippen molar-refractivity contribution in [1.82, 2.24) is 10.2 Å². The van der Waals surface area contributed by atoms with E-state index in [4.69, 9.17) is 0 Å². The molecule has 1 aromatic rings. The molecule has 1 aromatic carbocycles. The van der Waals surface area contributed by atoms with Gasteiger partial charge in [0.25, 0.3) is 0 Å². The Bertz CT molecular complexity index is 452. The van der Waals surface area contributed by atoms with Crippen LogP contribution in [0.1, 0.15) is 37.3 Å². The summed E-state index contributed by atoms with van der Waals surface area (Å²) in [5.41, 5.74) is 2.37. The Kier molecular flexibility index (Phi) is 6.24. The molecule has 3 heteroatoms. The fourth-order valence-electron chi connectivity index (χ4n) is 3.06. The number of nitrogens with zero attached hydrogens (tertiary/aromatic N) is 1. The predicted octanol–water partition coefficient (Wildman–Crippen LogP) is 2.78. The van der Waals surface area contributed by atoms with Gasteiger partial charge in [-0.15, -0.1) is 0 Å². The van der Waals surface area contributed by atoms with E-state index in [9.17, 15) is 4.79 Å². The summed E-state index contributed by atoms with van der Waals surface area (Å²) < 4.78 is 0. The molecule has 1 aliphatic heterocycles. The molecule has 21 heavy (non-hydrogen) atoms. The van der Waals surface area contributed by atoms with Gasteiger partial charge in [-0.3, -0.25) is 4.79 Å². The van der Waals surface area contributed by atoms with Crippen LogP contribution in [0.2, 0.25) is 0 Å². The zero-order valence-electron chi connectivity index (χ0n) is 13.4. The van der Waals surface area contributed by atoms with Crippen LogP contribution in [0.3, 0.4) is 0 Å². The lowest BCUT2D eigenvalue weighted by atomic mass is 9.98. The van der Waals surface area contributed by atoms with Crippen molar-refractivity contribution < 1.29 is 4.79 Å². The van der Waals surface area contributed by atoms with Gasteiger partial charge < -0.3 is 10.2 Å². The quantitative estimate of drug-likeness (QED) is 0.873. The number of piperidine rings is 1. The molecule has 0 saturated carbocycles. The van der Waals surface area contributed by atoms with E-state index >= 15 is 0 Å². The molecule has 1 unspecified atom stereocenters. The molecule has 1 fully saturated rings. The summed E-state index contributed by atoms with van der Waals surface area (Å²) in [5, 5.41) is 3.44. The van der Waals surface area contributed by atoms with Crippen LogP contribution in [0.5, 0.6) is 0 Å². The van der Waals surface area contributed by atoms with E-state index in [2.05, 4.69) is 36.2 Å². The van der Waals surface area contributed by atoms with Gasteiger partial charge in [-0.2, -0.15) is 0 Å². The topological polar surface area (TPSA) is 32.3 Å². The molecule has 0 bridgehead atoms. The van der Waals surface area contributed by atoms with Crippen LogP contribution in [0.4, 0.5) is 0 Å². The number of benzene rings is 1. The van der Waals surface area contributed by atoms with Crippen molar-refractivity contribution in [3.8, 4) is 0 Å². The average molecular weight is 288 g/mol. The van der Waals surface area contributed by atoms with Crippen molar-refractivity contribution >= 4 is 5.91 Å². The Morgan fingerprint density at radius 2 is 2.19 bits per heavy atom. The van der Waals surface area contributed by atoms with E-state index < -0.39 is 0 Å². The molecule has 1 aliphatic rings. The zero-order valence-corrected chi connectivity index (χ0v) is 13.4. The molecule has 1 atom stereocenters.